The van der Waals surface area contributed by atoms with Gasteiger partial charge in [-0.1, -0.05) is 12.8 Å². The van der Waals surface area contributed by atoms with Crippen LogP contribution in [-0.2, 0) is 14.4 Å². The molecular weight excluding hydrogens is 364 g/mol. The second-order valence-electron chi connectivity index (χ2n) is 7.55. The first-order valence-electron chi connectivity index (χ1n) is 9.57. The summed E-state index contributed by atoms with van der Waals surface area (Å²) in [6, 6.07) is -0.296. The first-order valence-corrected chi connectivity index (χ1v) is 9.57. The molecule has 6 N–H and O–H groups in total. The van der Waals surface area contributed by atoms with Crippen molar-refractivity contribution in [2.75, 3.05) is 6.54 Å². The maximum atomic E-state index is 13.0. The number of aromatic nitrogens is 2. The van der Waals surface area contributed by atoms with E-state index in [4.69, 9.17) is 11.5 Å². The molecule has 0 bridgehead atoms. The standard InChI is InChI=1S/C18H26N6O4/c19-15(25)12(9-11-2-1-6-21-17(11)27)23-18(28)14(8-10-3-4-10)24-13(16(20)26)5-7-22-24/h5,7,10-12,14H,1-4,6,8-9H2,(H2,19,25)(H2,20,26)(H,21,27)(H,23,28)/t11-,12-,14-/m0/s1. The van der Waals surface area contributed by atoms with E-state index in [1.807, 2.05) is 0 Å². The molecule has 3 rings (SSSR count). The zero-order valence-corrected chi connectivity index (χ0v) is 15.6. The maximum absolute atomic E-state index is 13.0. The summed E-state index contributed by atoms with van der Waals surface area (Å²) in [7, 11) is 0. The van der Waals surface area contributed by atoms with E-state index in [2.05, 4.69) is 15.7 Å². The Hall–Kier alpha value is -2.91. The van der Waals surface area contributed by atoms with Gasteiger partial charge >= 0.3 is 0 Å². The Morgan fingerprint density at radius 1 is 1.25 bits per heavy atom. The molecule has 1 aromatic heterocycles. The fraction of sp³-hybridized carbons (Fsp3) is 0.611. The first-order chi connectivity index (χ1) is 13.4. The molecule has 1 saturated heterocycles. The van der Waals surface area contributed by atoms with E-state index < -0.39 is 29.8 Å². The number of carbonyl (C=O) groups is 4. The Morgan fingerprint density at radius 2 is 2.00 bits per heavy atom. The summed E-state index contributed by atoms with van der Waals surface area (Å²) < 4.78 is 1.31. The molecule has 1 aromatic rings. The first kappa shape index (κ1) is 19.8. The van der Waals surface area contributed by atoms with E-state index in [0.29, 0.717) is 25.3 Å². The van der Waals surface area contributed by atoms with Crippen LogP contribution in [0.2, 0.25) is 0 Å². The molecule has 28 heavy (non-hydrogen) atoms. The Balaban J connectivity index is 1.75. The van der Waals surface area contributed by atoms with E-state index in [1.54, 1.807) is 0 Å². The molecule has 4 amide bonds. The Bertz CT molecular complexity index is 772. The monoisotopic (exact) mass is 390 g/mol. The zero-order chi connectivity index (χ0) is 20.3. The van der Waals surface area contributed by atoms with Crippen LogP contribution in [0.25, 0.3) is 0 Å². The fourth-order valence-electron chi connectivity index (χ4n) is 3.60. The average Bonchev–Trinajstić information content (AvgIpc) is 3.33. The number of carbonyl (C=O) groups excluding carboxylic acids is 4. The van der Waals surface area contributed by atoms with Gasteiger partial charge in [-0.25, -0.2) is 4.68 Å². The number of rotatable bonds is 9. The van der Waals surface area contributed by atoms with Crippen molar-refractivity contribution < 1.29 is 19.2 Å². The second kappa shape index (κ2) is 8.41. The number of nitrogens with two attached hydrogens (primary N) is 2. The SMILES string of the molecule is NC(=O)c1ccnn1[C@@H](CC1CC1)C(=O)N[C@@H](C[C@@H]1CCCNC1=O)C(N)=O. The van der Waals surface area contributed by atoms with Gasteiger partial charge < -0.3 is 22.1 Å². The predicted molar refractivity (Wildman–Crippen MR) is 98.6 cm³/mol. The van der Waals surface area contributed by atoms with Crippen molar-refractivity contribution in [1.82, 2.24) is 20.4 Å². The molecule has 152 valence electrons. The molecule has 0 spiro atoms. The molecule has 2 aliphatic rings. The second-order valence-corrected chi connectivity index (χ2v) is 7.55. The van der Waals surface area contributed by atoms with Crippen molar-refractivity contribution >= 4 is 23.6 Å². The molecule has 1 aliphatic heterocycles. The highest BCUT2D eigenvalue weighted by molar-refractivity contribution is 5.93. The Labute approximate surface area is 162 Å². The molecule has 1 saturated carbocycles. The van der Waals surface area contributed by atoms with Gasteiger partial charge in [0.2, 0.25) is 17.7 Å². The highest BCUT2D eigenvalue weighted by atomic mass is 16.2. The molecule has 2 fully saturated rings. The summed E-state index contributed by atoms with van der Waals surface area (Å²) in [6.07, 6.45) is 5.49. The van der Waals surface area contributed by atoms with Crippen molar-refractivity contribution in [3.63, 3.8) is 0 Å². The van der Waals surface area contributed by atoms with Gasteiger partial charge in [0.15, 0.2) is 0 Å². The molecule has 10 nitrogen and oxygen atoms in total. The summed E-state index contributed by atoms with van der Waals surface area (Å²) in [6.45, 7) is 0.613. The Morgan fingerprint density at radius 3 is 2.61 bits per heavy atom. The van der Waals surface area contributed by atoms with E-state index >= 15 is 0 Å². The quantitative estimate of drug-likeness (QED) is 0.433. The van der Waals surface area contributed by atoms with Crippen LogP contribution >= 0.6 is 0 Å². The topological polar surface area (TPSA) is 162 Å². The van der Waals surface area contributed by atoms with E-state index in [9.17, 15) is 19.2 Å². The van der Waals surface area contributed by atoms with E-state index in [-0.39, 0.29) is 23.9 Å². The Kier molecular flexibility index (Phi) is 5.96. The lowest BCUT2D eigenvalue weighted by molar-refractivity contribution is -0.132. The van der Waals surface area contributed by atoms with Crippen molar-refractivity contribution in [2.45, 2.75) is 50.6 Å². The smallest absolute Gasteiger partial charge is 0.267 e. The van der Waals surface area contributed by atoms with Gasteiger partial charge in [-0.2, -0.15) is 5.10 Å². The third-order valence-electron chi connectivity index (χ3n) is 5.35. The molecule has 0 aromatic carbocycles. The van der Waals surface area contributed by atoms with Crippen LogP contribution in [0.5, 0.6) is 0 Å². The van der Waals surface area contributed by atoms with Crippen LogP contribution in [0.4, 0.5) is 0 Å². The van der Waals surface area contributed by atoms with E-state index in [0.717, 1.165) is 19.3 Å². The van der Waals surface area contributed by atoms with Crippen LogP contribution < -0.4 is 22.1 Å². The number of piperidine rings is 1. The summed E-state index contributed by atoms with van der Waals surface area (Å²) >= 11 is 0. The lowest BCUT2D eigenvalue weighted by Gasteiger charge is -2.27. The average molecular weight is 390 g/mol. The number of amides is 4. The van der Waals surface area contributed by atoms with Gasteiger partial charge in [0.25, 0.3) is 5.91 Å². The maximum Gasteiger partial charge on any atom is 0.267 e. The highest BCUT2D eigenvalue weighted by Crippen LogP contribution is 2.37. The highest BCUT2D eigenvalue weighted by Gasteiger charge is 2.35. The van der Waals surface area contributed by atoms with Gasteiger partial charge in [0.05, 0.1) is 0 Å². The minimum absolute atomic E-state index is 0.128. The summed E-state index contributed by atoms with van der Waals surface area (Å²) in [5, 5.41) is 9.52. The van der Waals surface area contributed by atoms with Crippen LogP contribution in [0.3, 0.4) is 0 Å². The number of hydrogen-bond donors (Lipinski definition) is 4. The van der Waals surface area contributed by atoms with Gasteiger partial charge in [-0.05, 0) is 37.7 Å². The molecular formula is C18H26N6O4. The van der Waals surface area contributed by atoms with Crippen molar-refractivity contribution in [3.05, 3.63) is 18.0 Å². The molecule has 10 heteroatoms. The summed E-state index contributed by atoms with van der Waals surface area (Å²) in [5.41, 5.74) is 11.0. The number of primary amides is 2. The van der Waals surface area contributed by atoms with E-state index in [1.165, 1.54) is 16.9 Å². The largest absolute Gasteiger partial charge is 0.368 e. The number of nitrogens with zero attached hydrogens (tertiary/aromatic N) is 2. The van der Waals surface area contributed by atoms with Crippen LogP contribution in [0.15, 0.2) is 12.3 Å². The van der Waals surface area contributed by atoms with Crippen LogP contribution in [-0.4, -0.2) is 46.0 Å². The lowest BCUT2D eigenvalue weighted by atomic mass is 9.91. The molecule has 1 aliphatic carbocycles. The summed E-state index contributed by atoms with van der Waals surface area (Å²) in [5.74, 6) is -2.00. The number of hydrogen-bond acceptors (Lipinski definition) is 5. The van der Waals surface area contributed by atoms with Crippen molar-refractivity contribution in [1.29, 1.82) is 0 Å². The summed E-state index contributed by atoms with van der Waals surface area (Å²) in [4.78, 5) is 48.5. The minimum atomic E-state index is -0.976. The van der Waals surface area contributed by atoms with Crippen LogP contribution in [0, 0.1) is 11.8 Å². The fourth-order valence-corrected chi connectivity index (χ4v) is 3.60. The number of nitrogens with one attached hydrogen (secondary N) is 2. The van der Waals surface area contributed by atoms with Crippen molar-refractivity contribution in [3.8, 4) is 0 Å². The normalized spacial score (nSPS) is 21.4. The molecule has 3 atom stereocenters. The van der Waals surface area contributed by atoms with Gasteiger partial charge in [-0.15, -0.1) is 0 Å². The molecule has 2 heterocycles. The van der Waals surface area contributed by atoms with Gasteiger partial charge in [-0.3, -0.25) is 19.2 Å². The third-order valence-corrected chi connectivity index (χ3v) is 5.35. The molecule has 0 unspecified atom stereocenters. The van der Waals surface area contributed by atoms with Gasteiger partial charge in [0.1, 0.15) is 17.8 Å². The predicted octanol–water partition coefficient (Wildman–Crippen LogP) is -0.790. The lowest BCUT2D eigenvalue weighted by Crippen LogP contribution is -2.50. The zero-order valence-electron chi connectivity index (χ0n) is 15.6. The van der Waals surface area contributed by atoms with Gasteiger partial charge in [0, 0.05) is 18.7 Å². The van der Waals surface area contributed by atoms with Crippen LogP contribution in [0.1, 0.15) is 55.1 Å². The third kappa shape index (κ3) is 4.68. The molecule has 0 radical (unpaired) electrons. The minimum Gasteiger partial charge on any atom is -0.368 e. The van der Waals surface area contributed by atoms with Crippen molar-refractivity contribution in [2.24, 2.45) is 23.3 Å².